The topological polar surface area (TPSA) is 116 Å². The number of hydrogen-bond acceptors (Lipinski definition) is 5. The van der Waals surface area contributed by atoms with Crippen LogP contribution in [-0.2, 0) is 26.0 Å². The van der Waals surface area contributed by atoms with E-state index in [0.29, 0.717) is 12.1 Å². The standard InChI is InChI=1S/C22H25N3O5S/c1-16-4-10-19(11-5-16)31(29,30)25-13-12-23-22(28)20(25)15-21(27)24-18-8-6-17(7-9-18)3-2-14-26/h4-13,20,26H,2-3,14-15H2,1H3,(H,23,28)(H,24,27). The Morgan fingerprint density at radius 1 is 1.13 bits per heavy atom. The van der Waals surface area contributed by atoms with E-state index in [1.165, 1.54) is 24.5 Å². The summed E-state index contributed by atoms with van der Waals surface area (Å²) in [4.78, 5) is 25.0. The monoisotopic (exact) mass is 443 g/mol. The molecule has 2 amide bonds. The van der Waals surface area contributed by atoms with Crippen LogP contribution in [0.4, 0.5) is 5.69 Å². The second-order valence-corrected chi connectivity index (χ2v) is 9.11. The van der Waals surface area contributed by atoms with Crippen molar-refractivity contribution in [2.24, 2.45) is 0 Å². The lowest BCUT2D eigenvalue weighted by atomic mass is 10.1. The summed E-state index contributed by atoms with van der Waals surface area (Å²) in [6, 6.07) is 12.2. The van der Waals surface area contributed by atoms with E-state index >= 15 is 0 Å². The molecule has 0 saturated carbocycles. The molecule has 1 aliphatic heterocycles. The van der Waals surface area contributed by atoms with Crippen LogP contribution in [0, 0.1) is 6.92 Å². The first-order valence-electron chi connectivity index (χ1n) is 9.88. The van der Waals surface area contributed by atoms with Crippen molar-refractivity contribution in [1.29, 1.82) is 0 Å². The van der Waals surface area contributed by atoms with Crippen molar-refractivity contribution < 1.29 is 23.1 Å². The molecule has 1 atom stereocenters. The number of amides is 2. The molecule has 2 aromatic rings. The highest BCUT2D eigenvalue weighted by atomic mass is 32.2. The van der Waals surface area contributed by atoms with Gasteiger partial charge < -0.3 is 15.7 Å². The van der Waals surface area contributed by atoms with Crippen LogP contribution < -0.4 is 10.6 Å². The van der Waals surface area contributed by atoms with Gasteiger partial charge in [0.2, 0.25) is 11.8 Å². The van der Waals surface area contributed by atoms with Gasteiger partial charge in [-0.15, -0.1) is 0 Å². The number of nitrogens with one attached hydrogen (secondary N) is 2. The van der Waals surface area contributed by atoms with Crippen LogP contribution in [-0.4, -0.2) is 42.3 Å². The van der Waals surface area contributed by atoms with E-state index in [1.807, 2.05) is 19.1 Å². The number of anilines is 1. The number of rotatable bonds is 8. The Kier molecular flexibility index (Phi) is 7.09. The van der Waals surface area contributed by atoms with Gasteiger partial charge in [-0.3, -0.25) is 13.9 Å². The fraction of sp³-hybridized carbons (Fsp3) is 0.273. The van der Waals surface area contributed by atoms with Gasteiger partial charge in [-0.1, -0.05) is 29.8 Å². The Morgan fingerprint density at radius 3 is 2.45 bits per heavy atom. The molecule has 3 rings (SSSR count). The molecule has 31 heavy (non-hydrogen) atoms. The maximum Gasteiger partial charge on any atom is 0.264 e. The third-order valence-corrected chi connectivity index (χ3v) is 6.69. The molecule has 1 unspecified atom stereocenters. The average molecular weight is 444 g/mol. The summed E-state index contributed by atoms with van der Waals surface area (Å²) in [6.45, 7) is 1.95. The zero-order valence-electron chi connectivity index (χ0n) is 17.1. The van der Waals surface area contributed by atoms with Crippen LogP contribution in [0.2, 0.25) is 0 Å². The van der Waals surface area contributed by atoms with E-state index in [2.05, 4.69) is 10.6 Å². The van der Waals surface area contributed by atoms with Crippen LogP contribution in [0.25, 0.3) is 0 Å². The third kappa shape index (κ3) is 5.50. The molecule has 164 valence electrons. The van der Waals surface area contributed by atoms with Gasteiger partial charge in [0.05, 0.1) is 11.3 Å². The number of sulfonamides is 1. The van der Waals surface area contributed by atoms with Crippen molar-refractivity contribution in [3.05, 3.63) is 72.1 Å². The zero-order valence-corrected chi connectivity index (χ0v) is 17.9. The molecule has 0 saturated heterocycles. The Balaban J connectivity index is 1.73. The first-order valence-corrected chi connectivity index (χ1v) is 11.3. The minimum Gasteiger partial charge on any atom is -0.396 e. The fourth-order valence-electron chi connectivity index (χ4n) is 3.20. The van der Waals surface area contributed by atoms with E-state index in [0.717, 1.165) is 21.9 Å². The highest BCUT2D eigenvalue weighted by Gasteiger charge is 2.36. The molecule has 9 heteroatoms. The predicted octanol–water partition coefficient (Wildman–Crippen LogP) is 1.91. The van der Waals surface area contributed by atoms with Gasteiger partial charge in [-0.25, -0.2) is 8.42 Å². The lowest BCUT2D eigenvalue weighted by molar-refractivity contribution is -0.127. The molecular formula is C22H25N3O5S. The van der Waals surface area contributed by atoms with Crippen molar-refractivity contribution in [2.75, 3.05) is 11.9 Å². The summed E-state index contributed by atoms with van der Waals surface area (Å²) >= 11 is 0. The Labute approximate surface area is 181 Å². The average Bonchev–Trinajstić information content (AvgIpc) is 2.75. The molecule has 0 spiro atoms. The van der Waals surface area contributed by atoms with Crippen molar-refractivity contribution in [1.82, 2.24) is 9.62 Å². The minimum atomic E-state index is -4.01. The fourth-order valence-corrected chi connectivity index (χ4v) is 4.65. The number of nitrogens with zero attached hydrogens (tertiary/aromatic N) is 1. The lowest BCUT2D eigenvalue weighted by Crippen LogP contribution is -2.50. The first-order chi connectivity index (χ1) is 14.8. The number of hydrogen-bond donors (Lipinski definition) is 3. The molecule has 0 aromatic heterocycles. The van der Waals surface area contributed by atoms with E-state index < -0.39 is 27.9 Å². The highest BCUT2D eigenvalue weighted by molar-refractivity contribution is 7.89. The Bertz CT molecular complexity index is 1060. The van der Waals surface area contributed by atoms with Crippen molar-refractivity contribution >= 4 is 27.5 Å². The maximum atomic E-state index is 13.1. The van der Waals surface area contributed by atoms with Crippen LogP contribution in [0.5, 0.6) is 0 Å². The summed E-state index contributed by atoms with van der Waals surface area (Å²) in [5.74, 6) is -1.06. The second-order valence-electron chi connectivity index (χ2n) is 7.26. The SMILES string of the molecule is Cc1ccc(S(=O)(=O)N2C=CNC(=O)C2CC(=O)Nc2ccc(CCCO)cc2)cc1. The summed E-state index contributed by atoms with van der Waals surface area (Å²) in [5, 5.41) is 14.1. The molecule has 8 nitrogen and oxygen atoms in total. The molecule has 0 fully saturated rings. The van der Waals surface area contributed by atoms with Crippen LogP contribution in [0.3, 0.4) is 0 Å². The predicted molar refractivity (Wildman–Crippen MR) is 116 cm³/mol. The van der Waals surface area contributed by atoms with Gasteiger partial charge in [0, 0.05) is 24.7 Å². The second kappa shape index (κ2) is 9.76. The molecule has 0 bridgehead atoms. The number of carbonyl (C=O) groups is 2. The van der Waals surface area contributed by atoms with E-state index in [-0.39, 0.29) is 17.9 Å². The number of aliphatic hydroxyl groups is 1. The molecular weight excluding hydrogens is 418 g/mol. The smallest absolute Gasteiger partial charge is 0.264 e. The summed E-state index contributed by atoms with van der Waals surface area (Å²) < 4.78 is 27.1. The minimum absolute atomic E-state index is 0.0429. The number of benzene rings is 2. The van der Waals surface area contributed by atoms with E-state index in [9.17, 15) is 18.0 Å². The van der Waals surface area contributed by atoms with E-state index in [4.69, 9.17) is 5.11 Å². The number of aliphatic hydroxyl groups excluding tert-OH is 1. The van der Waals surface area contributed by atoms with Crippen LogP contribution in [0.15, 0.2) is 65.8 Å². The normalized spacial score (nSPS) is 16.1. The molecule has 0 radical (unpaired) electrons. The largest absolute Gasteiger partial charge is 0.396 e. The molecule has 3 N–H and O–H groups in total. The highest BCUT2D eigenvalue weighted by Crippen LogP contribution is 2.23. The zero-order chi connectivity index (χ0) is 22.4. The number of carbonyl (C=O) groups excluding carboxylic acids is 2. The summed E-state index contributed by atoms with van der Waals surface area (Å²) in [5.41, 5.74) is 2.47. The molecule has 0 aliphatic carbocycles. The van der Waals surface area contributed by atoms with Crippen molar-refractivity contribution in [2.45, 2.75) is 37.1 Å². The summed E-state index contributed by atoms with van der Waals surface area (Å²) in [6.07, 6.45) is 3.54. The molecule has 1 aliphatic rings. The lowest BCUT2D eigenvalue weighted by Gasteiger charge is -2.31. The van der Waals surface area contributed by atoms with Gasteiger partial charge in [0.15, 0.2) is 0 Å². The van der Waals surface area contributed by atoms with Crippen molar-refractivity contribution in [3.63, 3.8) is 0 Å². The Morgan fingerprint density at radius 2 is 1.81 bits per heavy atom. The molecule has 2 aromatic carbocycles. The molecule has 1 heterocycles. The Hall–Kier alpha value is -3.17. The third-order valence-electron chi connectivity index (χ3n) is 4.89. The van der Waals surface area contributed by atoms with Gasteiger partial charge in [0.1, 0.15) is 6.04 Å². The van der Waals surface area contributed by atoms with Crippen LogP contribution >= 0.6 is 0 Å². The maximum absolute atomic E-state index is 13.1. The van der Waals surface area contributed by atoms with Gasteiger partial charge in [0.25, 0.3) is 10.0 Å². The quantitative estimate of drug-likeness (QED) is 0.576. The van der Waals surface area contributed by atoms with E-state index in [1.54, 1.807) is 24.3 Å². The van der Waals surface area contributed by atoms with Crippen LogP contribution in [0.1, 0.15) is 24.0 Å². The van der Waals surface area contributed by atoms with Crippen molar-refractivity contribution in [3.8, 4) is 0 Å². The van der Waals surface area contributed by atoms with Gasteiger partial charge >= 0.3 is 0 Å². The first kappa shape index (κ1) is 22.5. The number of aryl methyl sites for hydroxylation is 2. The van der Waals surface area contributed by atoms with Gasteiger partial charge in [-0.2, -0.15) is 0 Å². The van der Waals surface area contributed by atoms with Gasteiger partial charge in [-0.05, 0) is 49.6 Å². The summed E-state index contributed by atoms with van der Waals surface area (Å²) in [7, 11) is -4.01.